The van der Waals surface area contributed by atoms with E-state index >= 15 is 0 Å². The van der Waals surface area contributed by atoms with Gasteiger partial charge < -0.3 is 10.2 Å². The van der Waals surface area contributed by atoms with E-state index in [1.54, 1.807) is 46.7 Å². The van der Waals surface area contributed by atoms with Crippen molar-refractivity contribution in [3.8, 4) is 0 Å². The zero-order chi connectivity index (χ0) is 20.0. The van der Waals surface area contributed by atoms with Crippen LogP contribution in [0.15, 0.2) is 52.1 Å². The van der Waals surface area contributed by atoms with Gasteiger partial charge in [0.1, 0.15) is 4.21 Å². The highest BCUT2D eigenvalue weighted by Crippen LogP contribution is 2.19. The number of nitrogens with zero attached hydrogens (tertiary/aromatic N) is 1. The summed E-state index contributed by atoms with van der Waals surface area (Å²) >= 11 is 1.18. The summed E-state index contributed by atoms with van der Waals surface area (Å²) in [5.41, 5.74) is 0.564. The Morgan fingerprint density at radius 2 is 1.79 bits per heavy atom. The first kappa shape index (κ1) is 20.5. The molecule has 1 aliphatic heterocycles. The van der Waals surface area contributed by atoms with Crippen molar-refractivity contribution in [2.24, 2.45) is 0 Å². The van der Waals surface area contributed by atoms with E-state index in [-0.39, 0.29) is 30.8 Å². The third-order valence-corrected chi connectivity index (χ3v) is 7.51. The minimum Gasteiger partial charge on any atom is -0.352 e. The van der Waals surface area contributed by atoms with Gasteiger partial charge in [-0.1, -0.05) is 24.3 Å². The highest BCUT2D eigenvalue weighted by Gasteiger charge is 2.26. The van der Waals surface area contributed by atoms with E-state index in [2.05, 4.69) is 10.0 Å². The van der Waals surface area contributed by atoms with Crippen LogP contribution in [0.2, 0.25) is 0 Å². The van der Waals surface area contributed by atoms with Gasteiger partial charge in [-0.15, -0.1) is 11.3 Å². The molecule has 7 nitrogen and oxygen atoms in total. The van der Waals surface area contributed by atoms with Gasteiger partial charge in [0.25, 0.3) is 5.91 Å². The largest absolute Gasteiger partial charge is 0.352 e. The van der Waals surface area contributed by atoms with Crippen LogP contribution in [-0.4, -0.2) is 50.8 Å². The predicted molar refractivity (Wildman–Crippen MR) is 108 cm³/mol. The highest BCUT2D eigenvalue weighted by atomic mass is 32.2. The van der Waals surface area contributed by atoms with Crippen molar-refractivity contribution in [2.45, 2.75) is 29.5 Å². The Balaban J connectivity index is 1.40. The molecule has 0 atom stereocenters. The highest BCUT2D eigenvalue weighted by molar-refractivity contribution is 7.91. The van der Waals surface area contributed by atoms with Crippen molar-refractivity contribution < 1.29 is 18.0 Å². The summed E-state index contributed by atoms with van der Waals surface area (Å²) in [4.78, 5) is 26.0. The molecular weight excluding hydrogens is 398 g/mol. The summed E-state index contributed by atoms with van der Waals surface area (Å²) in [7, 11) is -3.49. The molecular formula is C19H23N3O4S2. The van der Waals surface area contributed by atoms with E-state index in [0.29, 0.717) is 35.7 Å². The number of piperidine rings is 1. The average Bonchev–Trinajstić information content (AvgIpc) is 3.25. The van der Waals surface area contributed by atoms with Gasteiger partial charge in [-0.05, 0) is 36.4 Å². The molecule has 0 aliphatic carbocycles. The van der Waals surface area contributed by atoms with Crippen molar-refractivity contribution in [2.75, 3.05) is 19.6 Å². The molecule has 0 saturated carbocycles. The number of rotatable bonds is 7. The molecule has 9 heteroatoms. The van der Waals surface area contributed by atoms with E-state index in [4.69, 9.17) is 0 Å². The fraction of sp³-hybridized carbons (Fsp3) is 0.368. The zero-order valence-corrected chi connectivity index (χ0v) is 17.0. The second-order valence-electron chi connectivity index (χ2n) is 6.58. The molecule has 150 valence electrons. The summed E-state index contributed by atoms with van der Waals surface area (Å²) in [6.07, 6.45) is 1.38. The van der Waals surface area contributed by atoms with Gasteiger partial charge in [0.15, 0.2) is 0 Å². The molecule has 0 spiro atoms. The molecule has 1 fully saturated rings. The number of likely N-dealkylation sites (tertiary alicyclic amines) is 1. The van der Waals surface area contributed by atoms with Crippen LogP contribution in [0.3, 0.4) is 0 Å². The number of thiophene rings is 1. The lowest BCUT2D eigenvalue weighted by Gasteiger charge is -2.32. The fourth-order valence-corrected chi connectivity index (χ4v) is 5.39. The van der Waals surface area contributed by atoms with E-state index < -0.39 is 10.0 Å². The third-order valence-electron chi connectivity index (χ3n) is 4.59. The standard InChI is InChI=1S/C19H23N3O4S2/c23-17(8-11-20-19(24)15-5-2-1-3-6-15)22-12-9-16(10-13-22)21-28(25,26)18-7-4-14-27-18/h1-7,14,16,21H,8-13H2,(H,20,24). The summed E-state index contributed by atoms with van der Waals surface area (Å²) in [6, 6.07) is 12.0. The second kappa shape index (κ2) is 9.31. The molecule has 1 aliphatic rings. The lowest BCUT2D eigenvalue weighted by atomic mass is 10.1. The van der Waals surface area contributed by atoms with E-state index in [9.17, 15) is 18.0 Å². The van der Waals surface area contributed by atoms with Gasteiger partial charge in [-0.2, -0.15) is 0 Å². The molecule has 3 rings (SSSR count). The van der Waals surface area contributed by atoms with Gasteiger partial charge in [-0.3, -0.25) is 9.59 Å². The van der Waals surface area contributed by atoms with Crippen molar-refractivity contribution in [1.82, 2.24) is 14.9 Å². The first-order chi connectivity index (χ1) is 13.5. The number of amides is 2. The Labute approximate surface area is 168 Å². The minimum atomic E-state index is -3.49. The molecule has 0 bridgehead atoms. The summed E-state index contributed by atoms with van der Waals surface area (Å²) in [5.74, 6) is -0.233. The summed E-state index contributed by atoms with van der Waals surface area (Å²) in [5, 5.41) is 4.48. The monoisotopic (exact) mass is 421 g/mol. The van der Waals surface area contributed by atoms with E-state index in [0.717, 1.165) is 0 Å². The van der Waals surface area contributed by atoms with Gasteiger partial charge >= 0.3 is 0 Å². The van der Waals surface area contributed by atoms with Crippen molar-refractivity contribution in [3.63, 3.8) is 0 Å². The topological polar surface area (TPSA) is 95.6 Å². The van der Waals surface area contributed by atoms with Crippen LogP contribution >= 0.6 is 11.3 Å². The Kier molecular flexibility index (Phi) is 6.82. The van der Waals surface area contributed by atoms with Gasteiger partial charge in [0.2, 0.25) is 15.9 Å². The van der Waals surface area contributed by atoms with Crippen LogP contribution in [-0.2, 0) is 14.8 Å². The molecule has 2 aromatic rings. The van der Waals surface area contributed by atoms with Crippen molar-refractivity contribution in [1.29, 1.82) is 0 Å². The molecule has 0 radical (unpaired) electrons. The molecule has 2 N–H and O–H groups in total. The number of hydrogen-bond donors (Lipinski definition) is 2. The van der Waals surface area contributed by atoms with Crippen molar-refractivity contribution >= 4 is 33.2 Å². The van der Waals surface area contributed by atoms with E-state index in [1.807, 2.05) is 6.07 Å². The first-order valence-corrected chi connectivity index (χ1v) is 11.5. The Hall–Kier alpha value is -2.23. The number of carbonyl (C=O) groups excluding carboxylic acids is 2. The van der Waals surface area contributed by atoms with Crippen LogP contribution in [0, 0.1) is 0 Å². The predicted octanol–water partition coefficient (Wildman–Crippen LogP) is 1.84. The van der Waals surface area contributed by atoms with Crippen LogP contribution in [0.4, 0.5) is 0 Å². The van der Waals surface area contributed by atoms with Crippen LogP contribution in [0.5, 0.6) is 0 Å². The number of nitrogens with one attached hydrogen (secondary N) is 2. The number of carbonyl (C=O) groups is 2. The van der Waals surface area contributed by atoms with Crippen LogP contribution in [0.1, 0.15) is 29.6 Å². The molecule has 1 saturated heterocycles. The first-order valence-electron chi connectivity index (χ1n) is 9.12. The van der Waals surface area contributed by atoms with Gasteiger partial charge in [0, 0.05) is 37.7 Å². The molecule has 1 aromatic heterocycles. The number of hydrogen-bond acceptors (Lipinski definition) is 5. The Bertz CT molecular complexity index is 891. The third kappa shape index (κ3) is 5.40. The Morgan fingerprint density at radius 3 is 2.43 bits per heavy atom. The fourth-order valence-electron chi connectivity index (χ4n) is 3.07. The van der Waals surface area contributed by atoms with Crippen molar-refractivity contribution in [3.05, 3.63) is 53.4 Å². The summed E-state index contributed by atoms with van der Waals surface area (Å²) < 4.78 is 27.6. The normalized spacial score (nSPS) is 15.4. The van der Waals surface area contributed by atoms with Crippen LogP contribution in [0.25, 0.3) is 0 Å². The van der Waals surface area contributed by atoms with Gasteiger partial charge in [0.05, 0.1) is 0 Å². The van der Waals surface area contributed by atoms with Crippen LogP contribution < -0.4 is 10.0 Å². The lowest BCUT2D eigenvalue weighted by molar-refractivity contribution is -0.132. The number of sulfonamides is 1. The maximum absolute atomic E-state index is 12.3. The second-order valence-corrected chi connectivity index (χ2v) is 9.47. The van der Waals surface area contributed by atoms with E-state index in [1.165, 1.54) is 11.3 Å². The quantitative estimate of drug-likeness (QED) is 0.713. The smallest absolute Gasteiger partial charge is 0.251 e. The van der Waals surface area contributed by atoms with Gasteiger partial charge in [-0.25, -0.2) is 13.1 Å². The zero-order valence-electron chi connectivity index (χ0n) is 15.3. The average molecular weight is 422 g/mol. The minimum absolute atomic E-state index is 0.0343. The summed E-state index contributed by atoms with van der Waals surface area (Å²) in [6.45, 7) is 1.28. The lowest BCUT2D eigenvalue weighted by Crippen LogP contribution is -2.46. The molecule has 28 heavy (non-hydrogen) atoms. The SMILES string of the molecule is O=C(NCCC(=O)N1CCC(NS(=O)(=O)c2cccs2)CC1)c1ccccc1. The molecule has 1 aromatic carbocycles. The maximum Gasteiger partial charge on any atom is 0.251 e. The maximum atomic E-state index is 12.3. The molecule has 2 amide bonds. The molecule has 0 unspecified atom stereocenters. The molecule has 2 heterocycles. The Morgan fingerprint density at radius 1 is 1.07 bits per heavy atom. The number of benzene rings is 1.